The van der Waals surface area contributed by atoms with Crippen molar-refractivity contribution >= 4 is 35.1 Å². The van der Waals surface area contributed by atoms with Crippen LogP contribution < -0.4 is 40.0 Å². The molecule has 108 valence electrons. The predicted octanol–water partition coefficient (Wildman–Crippen LogP) is -1.57. The molecule has 1 aromatic rings. The molecule has 21 heavy (non-hydrogen) atoms. The SMILES string of the molecule is O=C([O-])C1CC(C(=O)NCCc2cc(Cl)cc(Cl)c2)C1.[Na+]. The van der Waals surface area contributed by atoms with E-state index >= 15 is 0 Å². The van der Waals surface area contributed by atoms with Gasteiger partial charge >= 0.3 is 29.6 Å². The van der Waals surface area contributed by atoms with Crippen molar-refractivity contribution in [3.8, 4) is 0 Å². The molecule has 0 radical (unpaired) electrons. The van der Waals surface area contributed by atoms with Gasteiger partial charge in [-0.15, -0.1) is 0 Å². The molecule has 0 aliphatic heterocycles. The number of carbonyl (C=O) groups is 2. The molecule has 1 N–H and O–H groups in total. The second kappa shape index (κ2) is 8.39. The number of aliphatic carboxylic acids is 1. The number of hydrogen-bond donors (Lipinski definition) is 1. The van der Waals surface area contributed by atoms with Gasteiger partial charge in [-0.2, -0.15) is 0 Å². The Kier molecular flexibility index (Phi) is 7.51. The molecule has 1 aromatic carbocycles. The van der Waals surface area contributed by atoms with Crippen molar-refractivity contribution < 1.29 is 44.3 Å². The molecule has 0 aromatic heterocycles. The van der Waals surface area contributed by atoms with Gasteiger partial charge in [0.15, 0.2) is 0 Å². The van der Waals surface area contributed by atoms with Gasteiger partial charge in [0, 0.05) is 34.4 Å². The van der Waals surface area contributed by atoms with E-state index in [0.717, 1.165) is 5.56 Å². The quantitative estimate of drug-likeness (QED) is 0.660. The van der Waals surface area contributed by atoms with E-state index in [4.69, 9.17) is 23.2 Å². The van der Waals surface area contributed by atoms with Gasteiger partial charge in [0.25, 0.3) is 0 Å². The Morgan fingerprint density at radius 3 is 2.24 bits per heavy atom. The van der Waals surface area contributed by atoms with Gasteiger partial charge in [-0.25, -0.2) is 0 Å². The fourth-order valence-corrected chi connectivity index (χ4v) is 2.83. The molecule has 1 aliphatic carbocycles. The minimum absolute atomic E-state index is 0. The van der Waals surface area contributed by atoms with Crippen LogP contribution in [0, 0.1) is 11.8 Å². The smallest absolute Gasteiger partial charge is 0.550 e. The maximum atomic E-state index is 11.7. The average molecular weight is 338 g/mol. The first-order chi connectivity index (χ1) is 9.45. The maximum absolute atomic E-state index is 11.7. The van der Waals surface area contributed by atoms with E-state index in [-0.39, 0.29) is 41.4 Å². The molecule has 0 atom stereocenters. The summed E-state index contributed by atoms with van der Waals surface area (Å²) in [7, 11) is 0. The Hall–Kier alpha value is -0.260. The minimum atomic E-state index is -1.07. The van der Waals surface area contributed by atoms with Crippen LogP contribution in [0.2, 0.25) is 10.0 Å². The zero-order chi connectivity index (χ0) is 14.7. The standard InChI is InChI=1S/C14H15Cl2NO3.Na/c15-11-3-8(4-12(16)7-11)1-2-17-13(18)9-5-10(6-9)14(19)20;/h3-4,7,9-10H,1-2,5-6H2,(H,17,18)(H,19,20);/q;+1/p-1. The molecule has 1 saturated carbocycles. The molecular formula is C14H14Cl2NNaO3. The first-order valence-electron chi connectivity index (χ1n) is 6.39. The fraction of sp³-hybridized carbons (Fsp3) is 0.429. The predicted molar refractivity (Wildman–Crippen MR) is 74.4 cm³/mol. The summed E-state index contributed by atoms with van der Waals surface area (Å²) in [4.78, 5) is 22.3. The Bertz CT molecular complexity index is 513. The number of carboxylic acid groups (broad SMARTS) is 1. The van der Waals surface area contributed by atoms with Crippen molar-refractivity contribution in [2.45, 2.75) is 19.3 Å². The second-order valence-electron chi connectivity index (χ2n) is 5.00. The van der Waals surface area contributed by atoms with Gasteiger partial charge in [0.2, 0.25) is 5.91 Å². The monoisotopic (exact) mass is 337 g/mol. The van der Waals surface area contributed by atoms with E-state index in [9.17, 15) is 14.7 Å². The van der Waals surface area contributed by atoms with E-state index in [1.807, 2.05) is 0 Å². The molecule has 0 heterocycles. The fourth-order valence-electron chi connectivity index (χ4n) is 2.25. The molecular weight excluding hydrogens is 324 g/mol. The number of halogens is 2. The summed E-state index contributed by atoms with van der Waals surface area (Å²) in [6.45, 7) is 0.474. The van der Waals surface area contributed by atoms with Gasteiger partial charge in [0.05, 0.1) is 0 Å². The van der Waals surface area contributed by atoms with Crippen molar-refractivity contribution in [3.05, 3.63) is 33.8 Å². The van der Waals surface area contributed by atoms with Crippen molar-refractivity contribution in [2.24, 2.45) is 11.8 Å². The number of benzene rings is 1. The Morgan fingerprint density at radius 2 is 1.71 bits per heavy atom. The Labute approximate surface area is 155 Å². The molecule has 1 aliphatic rings. The van der Waals surface area contributed by atoms with Gasteiger partial charge in [0.1, 0.15) is 0 Å². The molecule has 0 saturated heterocycles. The summed E-state index contributed by atoms with van der Waals surface area (Å²) in [5, 5.41) is 14.5. The zero-order valence-electron chi connectivity index (χ0n) is 11.7. The third-order valence-electron chi connectivity index (χ3n) is 3.48. The molecule has 7 heteroatoms. The third-order valence-corrected chi connectivity index (χ3v) is 3.91. The average Bonchev–Trinajstić information content (AvgIpc) is 2.24. The van der Waals surface area contributed by atoms with Crippen LogP contribution in [0.4, 0.5) is 0 Å². The topological polar surface area (TPSA) is 69.2 Å². The van der Waals surface area contributed by atoms with Crippen LogP contribution in [0.3, 0.4) is 0 Å². The van der Waals surface area contributed by atoms with Crippen molar-refractivity contribution in [3.63, 3.8) is 0 Å². The van der Waals surface area contributed by atoms with E-state index in [0.29, 0.717) is 35.9 Å². The van der Waals surface area contributed by atoms with Crippen LogP contribution in [0.1, 0.15) is 18.4 Å². The Morgan fingerprint density at radius 1 is 1.14 bits per heavy atom. The van der Waals surface area contributed by atoms with Crippen molar-refractivity contribution in [1.82, 2.24) is 5.32 Å². The molecule has 1 fully saturated rings. The van der Waals surface area contributed by atoms with Crippen LogP contribution in [-0.2, 0) is 16.0 Å². The van der Waals surface area contributed by atoms with Crippen LogP contribution in [0.15, 0.2) is 18.2 Å². The van der Waals surface area contributed by atoms with Gasteiger partial charge < -0.3 is 15.2 Å². The first-order valence-corrected chi connectivity index (χ1v) is 7.15. The molecule has 0 bridgehead atoms. The number of hydrogen-bond acceptors (Lipinski definition) is 3. The van der Waals surface area contributed by atoms with Crippen LogP contribution in [-0.4, -0.2) is 18.4 Å². The summed E-state index contributed by atoms with van der Waals surface area (Å²) in [6, 6.07) is 5.25. The van der Waals surface area contributed by atoms with Crippen molar-refractivity contribution in [1.29, 1.82) is 0 Å². The second-order valence-corrected chi connectivity index (χ2v) is 5.88. The largest absolute Gasteiger partial charge is 1.00 e. The number of amides is 1. The summed E-state index contributed by atoms with van der Waals surface area (Å²) in [5.41, 5.74) is 0.948. The van der Waals surface area contributed by atoms with Crippen LogP contribution in [0.5, 0.6) is 0 Å². The van der Waals surface area contributed by atoms with Gasteiger partial charge in [-0.3, -0.25) is 4.79 Å². The molecule has 2 rings (SSSR count). The van der Waals surface area contributed by atoms with E-state index < -0.39 is 11.9 Å². The summed E-state index contributed by atoms with van der Waals surface area (Å²) in [5.74, 6) is -1.85. The summed E-state index contributed by atoms with van der Waals surface area (Å²) >= 11 is 11.8. The number of carboxylic acids is 1. The molecule has 1 amide bonds. The molecule has 0 unspecified atom stereocenters. The minimum Gasteiger partial charge on any atom is -0.550 e. The third kappa shape index (κ3) is 5.46. The van der Waals surface area contributed by atoms with E-state index in [2.05, 4.69) is 5.32 Å². The number of nitrogens with one attached hydrogen (secondary N) is 1. The van der Waals surface area contributed by atoms with Gasteiger partial charge in [-0.1, -0.05) is 23.2 Å². The number of carbonyl (C=O) groups excluding carboxylic acids is 2. The summed E-state index contributed by atoms with van der Waals surface area (Å²) in [6.07, 6.45) is 1.37. The number of rotatable bonds is 5. The van der Waals surface area contributed by atoms with Gasteiger partial charge in [-0.05, 0) is 43.0 Å². The maximum Gasteiger partial charge on any atom is 1.00 e. The van der Waals surface area contributed by atoms with Crippen molar-refractivity contribution in [2.75, 3.05) is 6.54 Å². The molecule has 0 spiro atoms. The van der Waals surface area contributed by atoms with E-state index in [1.165, 1.54) is 0 Å². The van der Waals surface area contributed by atoms with E-state index in [1.54, 1.807) is 18.2 Å². The summed E-state index contributed by atoms with van der Waals surface area (Å²) < 4.78 is 0. The Balaban J connectivity index is 0.00000220. The zero-order valence-corrected chi connectivity index (χ0v) is 15.2. The van der Waals surface area contributed by atoms with Crippen LogP contribution in [0.25, 0.3) is 0 Å². The molecule has 4 nitrogen and oxygen atoms in total. The van der Waals surface area contributed by atoms with Crippen LogP contribution >= 0.6 is 23.2 Å². The normalized spacial score (nSPS) is 20.1. The first kappa shape index (κ1) is 18.8.